The summed E-state index contributed by atoms with van der Waals surface area (Å²) < 4.78 is 33.2. The van der Waals surface area contributed by atoms with Crippen LogP contribution in [0.1, 0.15) is 11.7 Å². The Morgan fingerprint density at radius 1 is 0.964 bits per heavy atom. The van der Waals surface area contributed by atoms with E-state index in [1.165, 1.54) is 27.4 Å². The van der Waals surface area contributed by atoms with Gasteiger partial charge >= 0.3 is 5.63 Å². The van der Waals surface area contributed by atoms with Crippen LogP contribution in [0.25, 0.3) is 11.0 Å². The van der Waals surface area contributed by atoms with Crippen LogP contribution in [0.4, 0.5) is 0 Å². The molecule has 0 aliphatic carbocycles. The average molecular weight is 386 g/mol. The molecule has 1 aliphatic heterocycles. The topological polar surface area (TPSA) is 96.6 Å². The van der Waals surface area contributed by atoms with Crippen molar-refractivity contribution in [3.8, 4) is 28.7 Å². The molecule has 3 aromatic rings. The lowest BCUT2D eigenvalue weighted by Crippen LogP contribution is -2.34. The first-order valence-corrected chi connectivity index (χ1v) is 8.43. The quantitative estimate of drug-likeness (QED) is 0.684. The number of aromatic hydroxyl groups is 1. The monoisotopic (exact) mass is 386 g/mol. The summed E-state index contributed by atoms with van der Waals surface area (Å²) in [4.78, 5) is 11.6. The molecule has 0 saturated heterocycles. The Kier molecular flexibility index (Phi) is 4.48. The van der Waals surface area contributed by atoms with Crippen molar-refractivity contribution in [2.24, 2.45) is 0 Å². The summed E-state index contributed by atoms with van der Waals surface area (Å²) >= 11 is 0. The molecule has 146 valence electrons. The number of rotatable bonds is 4. The van der Waals surface area contributed by atoms with Gasteiger partial charge in [-0.2, -0.15) is 0 Å². The highest BCUT2D eigenvalue weighted by Crippen LogP contribution is 2.46. The maximum atomic E-state index is 11.6. The van der Waals surface area contributed by atoms with Crippen LogP contribution in [0, 0.1) is 0 Å². The lowest BCUT2D eigenvalue weighted by Gasteiger charge is -2.33. The highest BCUT2D eigenvalue weighted by molar-refractivity contribution is 5.85. The maximum Gasteiger partial charge on any atom is 0.336 e. The van der Waals surface area contributed by atoms with Crippen LogP contribution in [0.15, 0.2) is 45.6 Å². The largest absolute Gasteiger partial charge is 0.502 e. The van der Waals surface area contributed by atoms with Crippen molar-refractivity contribution in [2.75, 3.05) is 21.3 Å². The minimum absolute atomic E-state index is 0.118. The number of phenolic OH excluding ortho intramolecular Hbond substituents is 1. The van der Waals surface area contributed by atoms with Gasteiger partial charge in [-0.15, -0.1) is 0 Å². The van der Waals surface area contributed by atoms with Gasteiger partial charge in [0.25, 0.3) is 0 Å². The van der Waals surface area contributed by atoms with E-state index in [0.717, 1.165) is 0 Å². The van der Waals surface area contributed by atoms with Crippen LogP contribution in [-0.4, -0.2) is 32.7 Å². The summed E-state index contributed by atoms with van der Waals surface area (Å²) in [6, 6.07) is 9.71. The van der Waals surface area contributed by atoms with E-state index in [4.69, 9.17) is 28.1 Å². The Morgan fingerprint density at radius 3 is 2.29 bits per heavy atom. The van der Waals surface area contributed by atoms with E-state index in [1.807, 2.05) is 0 Å². The molecular weight excluding hydrogens is 368 g/mol. The smallest absolute Gasteiger partial charge is 0.336 e. The van der Waals surface area contributed by atoms with Gasteiger partial charge in [-0.25, -0.2) is 4.79 Å². The predicted molar refractivity (Wildman–Crippen MR) is 98.5 cm³/mol. The van der Waals surface area contributed by atoms with Gasteiger partial charge in [0.15, 0.2) is 28.9 Å². The molecule has 1 N–H and O–H groups in total. The normalized spacial score (nSPS) is 18.1. The van der Waals surface area contributed by atoms with Gasteiger partial charge in [-0.05, 0) is 30.3 Å². The van der Waals surface area contributed by atoms with Crippen LogP contribution in [0.2, 0.25) is 0 Å². The third kappa shape index (κ3) is 2.87. The van der Waals surface area contributed by atoms with Crippen molar-refractivity contribution in [3.63, 3.8) is 0 Å². The minimum Gasteiger partial charge on any atom is -0.502 e. The van der Waals surface area contributed by atoms with Crippen LogP contribution in [0.5, 0.6) is 28.7 Å². The Hall–Kier alpha value is -3.39. The molecule has 2 atom stereocenters. The van der Waals surface area contributed by atoms with Gasteiger partial charge in [0.2, 0.25) is 17.8 Å². The van der Waals surface area contributed by atoms with Crippen molar-refractivity contribution in [1.82, 2.24) is 0 Å². The molecule has 0 bridgehead atoms. The zero-order valence-electron chi connectivity index (χ0n) is 15.4. The SMILES string of the molecule is COc1cc([C@H]2Oc3ccc4ccc(=O)oc4c3O[C@@H]2OC)cc(OC)c1O. The van der Waals surface area contributed by atoms with Crippen LogP contribution in [-0.2, 0) is 4.74 Å². The Labute approximate surface area is 159 Å². The fourth-order valence-electron chi connectivity index (χ4n) is 3.14. The number of fused-ring (bicyclic) bond motifs is 3. The first kappa shape index (κ1) is 18.0. The third-order valence-corrected chi connectivity index (χ3v) is 4.51. The Morgan fingerprint density at radius 2 is 1.64 bits per heavy atom. The molecule has 2 aromatic carbocycles. The number of benzene rings is 2. The lowest BCUT2D eigenvalue weighted by molar-refractivity contribution is -0.137. The highest BCUT2D eigenvalue weighted by atomic mass is 16.7. The number of ether oxygens (including phenoxy) is 5. The highest BCUT2D eigenvalue weighted by Gasteiger charge is 2.36. The second-order valence-corrected chi connectivity index (χ2v) is 6.10. The van der Waals surface area contributed by atoms with Crippen molar-refractivity contribution >= 4 is 11.0 Å². The van der Waals surface area contributed by atoms with Gasteiger partial charge < -0.3 is 33.2 Å². The second-order valence-electron chi connectivity index (χ2n) is 6.10. The molecule has 4 rings (SSSR count). The maximum absolute atomic E-state index is 11.6. The van der Waals surface area contributed by atoms with Crippen molar-refractivity contribution in [1.29, 1.82) is 0 Å². The molecule has 1 aliphatic rings. The molecule has 2 heterocycles. The average Bonchev–Trinajstić information content (AvgIpc) is 2.72. The third-order valence-electron chi connectivity index (χ3n) is 4.51. The minimum atomic E-state index is -0.845. The summed E-state index contributed by atoms with van der Waals surface area (Å²) in [6.07, 6.45) is -1.53. The summed E-state index contributed by atoms with van der Waals surface area (Å²) in [6.45, 7) is 0. The first-order chi connectivity index (χ1) is 13.5. The van der Waals surface area contributed by atoms with Crippen LogP contribution in [0.3, 0.4) is 0 Å². The number of phenols is 1. The molecule has 0 radical (unpaired) electrons. The van der Waals surface area contributed by atoms with Crippen LogP contribution >= 0.6 is 0 Å². The summed E-state index contributed by atoms with van der Waals surface area (Å²) in [5, 5.41) is 10.8. The van der Waals surface area contributed by atoms with Crippen molar-refractivity contribution < 1.29 is 33.2 Å². The van der Waals surface area contributed by atoms with Gasteiger partial charge in [0.1, 0.15) is 0 Å². The fourth-order valence-corrected chi connectivity index (χ4v) is 3.14. The van der Waals surface area contributed by atoms with E-state index < -0.39 is 18.0 Å². The molecule has 0 fully saturated rings. The van der Waals surface area contributed by atoms with Crippen molar-refractivity contribution in [3.05, 3.63) is 52.4 Å². The molecule has 28 heavy (non-hydrogen) atoms. The molecule has 1 aromatic heterocycles. The van der Waals surface area contributed by atoms with Crippen molar-refractivity contribution in [2.45, 2.75) is 12.4 Å². The summed E-state index contributed by atoms with van der Waals surface area (Å²) in [7, 11) is 4.35. The molecule has 8 heteroatoms. The van der Waals surface area contributed by atoms with E-state index >= 15 is 0 Å². The van der Waals surface area contributed by atoms with Gasteiger partial charge in [-0.1, -0.05) is 0 Å². The molecule has 0 saturated carbocycles. The first-order valence-electron chi connectivity index (χ1n) is 8.43. The second kappa shape index (κ2) is 6.97. The number of methoxy groups -OCH3 is 3. The molecular formula is C20H18O8. The van der Waals surface area contributed by atoms with Crippen LogP contribution < -0.4 is 24.6 Å². The zero-order chi connectivity index (χ0) is 19.8. The zero-order valence-corrected chi connectivity index (χ0v) is 15.4. The molecule has 0 unspecified atom stereocenters. The number of hydrogen-bond donors (Lipinski definition) is 1. The molecule has 0 amide bonds. The Balaban J connectivity index is 1.82. The van der Waals surface area contributed by atoms with E-state index in [-0.39, 0.29) is 28.6 Å². The summed E-state index contributed by atoms with van der Waals surface area (Å²) in [5.74, 6) is 1.01. The van der Waals surface area contributed by atoms with Gasteiger partial charge in [0, 0.05) is 24.1 Å². The van der Waals surface area contributed by atoms with E-state index in [0.29, 0.717) is 16.7 Å². The predicted octanol–water partition coefficient (Wildman–Crippen LogP) is 3.00. The van der Waals surface area contributed by atoms with E-state index in [2.05, 4.69) is 0 Å². The Bertz CT molecular complexity index is 1060. The number of hydrogen-bond acceptors (Lipinski definition) is 8. The lowest BCUT2D eigenvalue weighted by atomic mass is 10.1. The van der Waals surface area contributed by atoms with Gasteiger partial charge in [0.05, 0.1) is 14.2 Å². The molecule has 0 spiro atoms. The summed E-state index contributed by atoms with van der Waals surface area (Å²) in [5.41, 5.74) is 0.401. The van der Waals surface area contributed by atoms with E-state index in [9.17, 15) is 9.90 Å². The fraction of sp³-hybridized carbons (Fsp3) is 0.250. The standard InChI is InChI=1S/C20H18O8/c1-23-13-8-11(9-14(24-2)16(13)22)18-20(25-3)28-19-12(26-18)6-4-10-5-7-15(21)27-17(10)19/h4-9,18,20,22H,1-3H3/t18-,20+/m1/s1. The van der Waals surface area contributed by atoms with Gasteiger partial charge in [-0.3, -0.25) is 0 Å². The molecule has 8 nitrogen and oxygen atoms in total. The van der Waals surface area contributed by atoms with E-state index in [1.54, 1.807) is 30.3 Å².